The van der Waals surface area contributed by atoms with Crippen molar-refractivity contribution >= 4 is 34.8 Å². The summed E-state index contributed by atoms with van der Waals surface area (Å²) < 4.78 is 5.27. The van der Waals surface area contributed by atoms with Crippen molar-refractivity contribution in [1.82, 2.24) is 0 Å². The van der Waals surface area contributed by atoms with Gasteiger partial charge in [-0.3, -0.25) is 0 Å². The lowest BCUT2D eigenvalue weighted by Gasteiger charge is -2.03. The zero-order valence-corrected chi connectivity index (χ0v) is 9.46. The highest BCUT2D eigenvalue weighted by Crippen LogP contribution is 2.27. The molecule has 74 valence electrons. The Balaban J connectivity index is 2.59. The Morgan fingerprint density at radius 3 is 2.64 bits per heavy atom. The maximum atomic E-state index is 5.86. The van der Waals surface area contributed by atoms with Gasteiger partial charge in [-0.15, -0.1) is 11.6 Å². The van der Waals surface area contributed by atoms with Gasteiger partial charge in [-0.2, -0.15) is 0 Å². The quantitative estimate of drug-likeness (QED) is 0.575. The SMILES string of the molecule is ClCC#CCOc1ccc(Cl)cc1Cl. The summed E-state index contributed by atoms with van der Waals surface area (Å²) in [6.07, 6.45) is 0. The smallest absolute Gasteiger partial charge is 0.149 e. The summed E-state index contributed by atoms with van der Waals surface area (Å²) in [6, 6.07) is 5.03. The summed E-state index contributed by atoms with van der Waals surface area (Å²) in [5.41, 5.74) is 0. The first-order valence-corrected chi connectivity index (χ1v) is 5.12. The third-order valence-corrected chi connectivity index (χ3v) is 2.05. The summed E-state index contributed by atoms with van der Waals surface area (Å²) >= 11 is 16.9. The second-order valence-electron chi connectivity index (χ2n) is 2.35. The number of hydrogen-bond donors (Lipinski definition) is 0. The molecule has 0 saturated heterocycles. The molecule has 0 radical (unpaired) electrons. The van der Waals surface area contributed by atoms with Crippen molar-refractivity contribution in [3.63, 3.8) is 0 Å². The number of benzene rings is 1. The fraction of sp³-hybridized carbons (Fsp3) is 0.200. The van der Waals surface area contributed by atoms with Gasteiger partial charge in [0, 0.05) is 5.02 Å². The minimum atomic E-state index is 0.272. The highest BCUT2D eigenvalue weighted by molar-refractivity contribution is 6.35. The van der Waals surface area contributed by atoms with Gasteiger partial charge >= 0.3 is 0 Å². The van der Waals surface area contributed by atoms with Gasteiger partial charge < -0.3 is 4.74 Å². The lowest BCUT2D eigenvalue weighted by Crippen LogP contribution is -1.94. The summed E-state index contributed by atoms with van der Waals surface area (Å²) in [5.74, 6) is 6.27. The largest absolute Gasteiger partial charge is 0.479 e. The molecule has 0 atom stereocenters. The van der Waals surface area contributed by atoms with Crippen LogP contribution in [-0.2, 0) is 0 Å². The molecule has 0 saturated carbocycles. The van der Waals surface area contributed by atoms with Crippen molar-refractivity contribution in [2.24, 2.45) is 0 Å². The number of alkyl halides is 1. The molecule has 0 aliphatic rings. The van der Waals surface area contributed by atoms with Crippen LogP contribution in [0.15, 0.2) is 18.2 Å². The highest BCUT2D eigenvalue weighted by Gasteiger charge is 2.00. The predicted octanol–water partition coefficient (Wildman–Crippen LogP) is 3.61. The molecule has 1 nitrogen and oxygen atoms in total. The van der Waals surface area contributed by atoms with Crippen LogP contribution in [0.2, 0.25) is 10.0 Å². The van der Waals surface area contributed by atoms with E-state index in [-0.39, 0.29) is 6.61 Å². The third kappa shape index (κ3) is 3.67. The minimum absolute atomic E-state index is 0.272. The molecule has 0 aromatic heterocycles. The van der Waals surface area contributed by atoms with Gasteiger partial charge in [0.05, 0.1) is 10.9 Å². The van der Waals surface area contributed by atoms with Gasteiger partial charge in [-0.05, 0) is 18.2 Å². The second-order valence-corrected chi connectivity index (χ2v) is 3.46. The van der Waals surface area contributed by atoms with Crippen molar-refractivity contribution < 1.29 is 4.74 Å². The Morgan fingerprint density at radius 2 is 2.00 bits per heavy atom. The first-order chi connectivity index (χ1) is 6.74. The summed E-state index contributed by atoms with van der Waals surface area (Å²) in [6.45, 7) is 0.272. The third-order valence-electron chi connectivity index (χ3n) is 1.39. The molecule has 0 heterocycles. The molecular weight excluding hydrogens is 242 g/mol. The molecule has 0 unspecified atom stereocenters. The van der Waals surface area contributed by atoms with Crippen molar-refractivity contribution in [3.05, 3.63) is 28.2 Å². The Labute approximate surface area is 97.9 Å². The average Bonchev–Trinajstić information content (AvgIpc) is 2.15. The number of hydrogen-bond acceptors (Lipinski definition) is 1. The zero-order chi connectivity index (χ0) is 10.4. The molecule has 1 rings (SSSR count). The second kappa shape index (κ2) is 6.03. The van der Waals surface area contributed by atoms with Crippen LogP contribution in [0.5, 0.6) is 5.75 Å². The highest BCUT2D eigenvalue weighted by atomic mass is 35.5. The number of ether oxygens (including phenoxy) is 1. The van der Waals surface area contributed by atoms with Crippen molar-refractivity contribution in [1.29, 1.82) is 0 Å². The molecule has 0 aliphatic carbocycles. The van der Waals surface area contributed by atoms with Crippen LogP contribution in [0.1, 0.15) is 0 Å². The molecule has 14 heavy (non-hydrogen) atoms. The summed E-state index contributed by atoms with van der Waals surface area (Å²) in [5, 5.41) is 1.05. The Morgan fingerprint density at radius 1 is 1.21 bits per heavy atom. The molecule has 4 heteroatoms. The number of rotatable bonds is 2. The van der Waals surface area contributed by atoms with E-state index in [4.69, 9.17) is 39.5 Å². The predicted molar refractivity (Wildman–Crippen MR) is 60.5 cm³/mol. The van der Waals surface area contributed by atoms with Gasteiger partial charge in [0.25, 0.3) is 0 Å². The maximum Gasteiger partial charge on any atom is 0.149 e. The van der Waals surface area contributed by atoms with E-state index >= 15 is 0 Å². The van der Waals surface area contributed by atoms with Gasteiger partial charge in [0.15, 0.2) is 0 Å². The molecule has 0 spiro atoms. The first kappa shape index (κ1) is 11.5. The normalized spacial score (nSPS) is 9.07. The summed E-state index contributed by atoms with van der Waals surface area (Å²) in [4.78, 5) is 0. The van der Waals surface area contributed by atoms with E-state index in [0.717, 1.165) is 0 Å². The van der Waals surface area contributed by atoms with E-state index in [1.54, 1.807) is 18.2 Å². The van der Waals surface area contributed by atoms with Crippen LogP contribution in [0.3, 0.4) is 0 Å². The van der Waals surface area contributed by atoms with E-state index in [9.17, 15) is 0 Å². The zero-order valence-electron chi connectivity index (χ0n) is 7.19. The van der Waals surface area contributed by atoms with Crippen LogP contribution in [0, 0.1) is 11.8 Å². The Bertz CT molecular complexity index is 365. The molecule has 0 N–H and O–H groups in total. The average molecular weight is 250 g/mol. The van der Waals surface area contributed by atoms with E-state index < -0.39 is 0 Å². The van der Waals surface area contributed by atoms with E-state index in [2.05, 4.69) is 11.8 Å². The Hall–Kier alpha value is -0.550. The van der Waals surface area contributed by atoms with E-state index in [0.29, 0.717) is 21.7 Å². The Kier molecular flexibility index (Phi) is 4.97. The fourth-order valence-electron chi connectivity index (χ4n) is 0.804. The molecule has 0 bridgehead atoms. The van der Waals surface area contributed by atoms with Gasteiger partial charge in [-0.1, -0.05) is 35.0 Å². The number of halogens is 3. The van der Waals surface area contributed by atoms with Gasteiger partial charge in [-0.25, -0.2) is 0 Å². The van der Waals surface area contributed by atoms with E-state index in [1.165, 1.54) is 0 Å². The minimum Gasteiger partial charge on any atom is -0.479 e. The van der Waals surface area contributed by atoms with Crippen LogP contribution < -0.4 is 4.74 Å². The topological polar surface area (TPSA) is 9.23 Å². The van der Waals surface area contributed by atoms with Crippen molar-refractivity contribution in [2.75, 3.05) is 12.5 Å². The molecule has 0 fully saturated rings. The fourth-order valence-corrected chi connectivity index (χ4v) is 1.36. The maximum absolute atomic E-state index is 5.86. The molecule has 1 aromatic rings. The van der Waals surface area contributed by atoms with E-state index in [1.807, 2.05) is 0 Å². The molecular formula is C10H7Cl3O. The van der Waals surface area contributed by atoms with Gasteiger partial charge in [0.2, 0.25) is 0 Å². The standard InChI is InChI=1S/C10H7Cl3O/c11-5-1-2-6-14-10-4-3-8(12)7-9(10)13/h3-4,7H,5-6H2. The van der Waals surface area contributed by atoms with Crippen LogP contribution in [0.4, 0.5) is 0 Å². The van der Waals surface area contributed by atoms with Crippen LogP contribution in [-0.4, -0.2) is 12.5 Å². The summed E-state index contributed by atoms with van der Waals surface area (Å²) in [7, 11) is 0. The van der Waals surface area contributed by atoms with Crippen molar-refractivity contribution in [2.45, 2.75) is 0 Å². The molecule has 0 amide bonds. The monoisotopic (exact) mass is 248 g/mol. The van der Waals surface area contributed by atoms with Crippen LogP contribution in [0.25, 0.3) is 0 Å². The van der Waals surface area contributed by atoms with Crippen molar-refractivity contribution in [3.8, 4) is 17.6 Å². The van der Waals surface area contributed by atoms with Gasteiger partial charge in [0.1, 0.15) is 12.4 Å². The lowest BCUT2D eigenvalue weighted by molar-refractivity contribution is 0.370. The molecule has 0 aliphatic heterocycles. The first-order valence-electron chi connectivity index (χ1n) is 3.83. The lowest BCUT2D eigenvalue weighted by atomic mass is 10.3. The molecule has 1 aromatic carbocycles. The van der Waals surface area contributed by atoms with Crippen LogP contribution >= 0.6 is 34.8 Å².